The highest BCUT2D eigenvalue weighted by Gasteiger charge is 2.24. The standard InChI is InChI=1S/C30H23IN2S/c1-30(2,3)16-24-20-7-5-4-6-18(20)14-23-27-26-17(12-13-32-27)8-10-21-22-15-19(34-31)9-11-25(22)33(28(23)24)29(21)26/h4-15H,16H2,1-3H3. The summed E-state index contributed by atoms with van der Waals surface area (Å²) in [5.74, 6) is 0. The molecule has 0 aliphatic rings. The molecule has 166 valence electrons. The minimum atomic E-state index is 0.154. The van der Waals surface area contributed by atoms with E-state index in [2.05, 4.69) is 113 Å². The van der Waals surface area contributed by atoms with Crippen LogP contribution in [-0.4, -0.2) is 9.38 Å². The van der Waals surface area contributed by atoms with Crippen LogP contribution in [-0.2, 0) is 6.42 Å². The van der Waals surface area contributed by atoms with Gasteiger partial charge in [0.1, 0.15) is 0 Å². The van der Waals surface area contributed by atoms with Crippen LogP contribution < -0.4 is 0 Å². The van der Waals surface area contributed by atoms with Gasteiger partial charge in [0.25, 0.3) is 0 Å². The van der Waals surface area contributed by atoms with Crippen LogP contribution in [0.4, 0.5) is 0 Å². The predicted molar refractivity (Wildman–Crippen MR) is 157 cm³/mol. The van der Waals surface area contributed by atoms with Crippen molar-refractivity contribution >= 4 is 89.9 Å². The summed E-state index contributed by atoms with van der Waals surface area (Å²) in [5.41, 5.74) is 6.56. The summed E-state index contributed by atoms with van der Waals surface area (Å²) in [5, 5.41) is 9.02. The molecular formula is C30H23IN2S. The molecule has 4 aromatic carbocycles. The summed E-state index contributed by atoms with van der Waals surface area (Å²) in [4.78, 5) is 6.27. The van der Waals surface area contributed by atoms with Crippen LogP contribution in [0.25, 0.3) is 59.8 Å². The second kappa shape index (κ2) is 7.22. The van der Waals surface area contributed by atoms with Gasteiger partial charge in [-0.05, 0) is 63.9 Å². The fourth-order valence-corrected chi connectivity index (χ4v) is 6.89. The minimum absolute atomic E-state index is 0.154. The van der Waals surface area contributed by atoms with Gasteiger partial charge in [-0.1, -0.05) is 66.1 Å². The van der Waals surface area contributed by atoms with E-state index < -0.39 is 0 Å². The summed E-state index contributed by atoms with van der Waals surface area (Å²) in [6.07, 6.45) is 2.97. The Kier molecular flexibility index (Phi) is 4.41. The third kappa shape index (κ3) is 2.85. The van der Waals surface area contributed by atoms with Crippen LogP contribution in [0.2, 0.25) is 0 Å². The van der Waals surface area contributed by atoms with Crippen molar-refractivity contribution in [3.63, 3.8) is 0 Å². The topological polar surface area (TPSA) is 17.3 Å². The van der Waals surface area contributed by atoms with Gasteiger partial charge in [-0.2, -0.15) is 0 Å². The van der Waals surface area contributed by atoms with Crippen molar-refractivity contribution in [3.8, 4) is 0 Å². The quantitative estimate of drug-likeness (QED) is 0.117. The van der Waals surface area contributed by atoms with Gasteiger partial charge >= 0.3 is 0 Å². The van der Waals surface area contributed by atoms with E-state index >= 15 is 0 Å². The Morgan fingerprint density at radius 2 is 1.68 bits per heavy atom. The van der Waals surface area contributed by atoms with Gasteiger partial charge in [0.05, 0.1) is 22.1 Å². The van der Waals surface area contributed by atoms with E-state index in [0.29, 0.717) is 0 Å². The summed E-state index contributed by atoms with van der Waals surface area (Å²) in [6.45, 7) is 7.01. The molecule has 0 N–H and O–H groups in total. The average Bonchev–Trinajstić information content (AvgIpc) is 3.16. The molecule has 0 radical (unpaired) electrons. The second-order valence-electron chi connectivity index (χ2n) is 10.5. The van der Waals surface area contributed by atoms with Crippen LogP contribution >= 0.6 is 30.1 Å². The molecule has 0 spiro atoms. The Bertz CT molecular complexity index is 1910. The van der Waals surface area contributed by atoms with Crippen molar-refractivity contribution in [3.05, 3.63) is 78.5 Å². The molecule has 0 saturated carbocycles. The number of hydrogen-bond donors (Lipinski definition) is 0. The molecular weight excluding hydrogens is 547 g/mol. The highest BCUT2D eigenvalue weighted by Crippen LogP contribution is 2.44. The normalized spacial score (nSPS) is 12.9. The van der Waals surface area contributed by atoms with E-state index in [4.69, 9.17) is 4.98 Å². The van der Waals surface area contributed by atoms with E-state index in [1.807, 2.05) is 6.20 Å². The predicted octanol–water partition coefficient (Wildman–Crippen LogP) is 9.57. The van der Waals surface area contributed by atoms with Gasteiger partial charge in [0, 0.05) is 53.8 Å². The zero-order chi connectivity index (χ0) is 23.2. The molecule has 0 saturated heterocycles. The Balaban J connectivity index is 1.86. The minimum Gasteiger partial charge on any atom is -0.308 e. The molecule has 34 heavy (non-hydrogen) atoms. The largest absolute Gasteiger partial charge is 0.308 e. The number of nitrogens with zero attached hydrogens (tertiary/aromatic N) is 2. The van der Waals surface area contributed by atoms with Gasteiger partial charge in [0.15, 0.2) is 0 Å². The molecule has 3 aromatic heterocycles. The number of benzene rings is 4. The van der Waals surface area contributed by atoms with Gasteiger partial charge in [-0.3, -0.25) is 4.98 Å². The van der Waals surface area contributed by atoms with Crippen molar-refractivity contribution in [2.45, 2.75) is 32.1 Å². The lowest BCUT2D eigenvalue weighted by atomic mass is 9.84. The summed E-state index contributed by atoms with van der Waals surface area (Å²) in [7, 11) is 1.77. The smallest absolute Gasteiger partial charge is 0.0823 e. The fourth-order valence-electron chi connectivity index (χ4n) is 5.79. The molecule has 0 atom stereocenters. The van der Waals surface area contributed by atoms with Gasteiger partial charge in [-0.15, -0.1) is 0 Å². The molecule has 0 amide bonds. The second-order valence-corrected chi connectivity index (χ2v) is 12.5. The van der Waals surface area contributed by atoms with Crippen LogP contribution in [0.1, 0.15) is 26.3 Å². The number of hydrogen-bond acceptors (Lipinski definition) is 2. The van der Waals surface area contributed by atoms with Crippen molar-refractivity contribution in [1.29, 1.82) is 0 Å². The lowest BCUT2D eigenvalue weighted by molar-refractivity contribution is 0.413. The number of fused-ring (bicyclic) bond motifs is 7. The van der Waals surface area contributed by atoms with E-state index in [0.717, 1.165) is 11.9 Å². The van der Waals surface area contributed by atoms with Crippen molar-refractivity contribution in [2.24, 2.45) is 5.41 Å². The van der Waals surface area contributed by atoms with Crippen molar-refractivity contribution < 1.29 is 0 Å². The highest BCUT2D eigenvalue weighted by molar-refractivity contribution is 14.2. The van der Waals surface area contributed by atoms with Gasteiger partial charge in [-0.25, -0.2) is 0 Å². The average molecular weight is 570 g/mol. The Labute approximate surface area is 214 Å². The third-order valence-corrected chi connectivity index (χ3v) is 8.99. The Morgan fingerprint density at radius 1 is 0.824 bits per heavy atom. The lowest BCUT2D eigenvalue weighted by Gasteiger charge is -2.23. The van der Waals surface area contributed by atoms with Crippen LogP contribution in [0.15, 0.2) is 77.8 Å². The zero-order valence-corrected chi connectivity index (χ0v) is 22.3. The first-order valence-electron chi connectivity index (χ1n) is 11.6. The summed E-state index contributed by atoms with van der Waals surface area (Å²) < 4.78 is 2.55. The van der Waals surface area contributed by atoms with E-state index in [1.54, 1.807) is 8.93 Å². The number of halogens is 1. The first kappa shape index (κ1) is 20.8. The molecule has 2 nitrogen and oxygen atoms in total. The molecule has 4 heteroatoms. The van der Waals surface area contributed by atoms with Crippen LogP contribution in [0, 0.1) is 5.41 Å². The van der Waals surface area contributed by atoms with Crippen LogP contribution in [0.3, 0.4) is 0 Å². The molecule has 7 rings (SSSR count). The maximum absolute atomic E-state index is 4.99. The number of rotatable bonds is 2. The Hall–Kier alpha value is -2.57. The monoisotopic (exact) mass is 570 g/mol. The van der Waals surface area contributed by atoms with E-state index in [9.17, 15) is 0 Å². The Morgan fingerprint density at radius 3 is 2.50 bits per heavy atom. The fraction of sp³-hybridized carbons (Fsp3) is 0.167. The molecule has 0 unspecified atom stereocenters. The zero-order valence-electron chi connectivity index (χ0n) is 19.3. The van der Waals surface area contributed by atoms with Crippen molar-refractivity contribution in [1.82, 2.24) is 9.38 Å². The summed E-state index contributed by atoms with van der Waals surface area (Å²) >= 11 is 2.38. The molecule has 7 aromatic rings. The van der Waals surface area contributed by atoms with Crippen molar-refractivity contribution in [2.75, 3.05) is 0 Å². The SMILES string of the molecule is CC(C)(C)Cc1c2ccccc2cc2c3nccc4ccc5c6cc(SI)ccc6n(c12)c5c43. The molecule has 3 heterocycles. The van der Waals surface area contributed by atoms with Gasteiger partial charge < -0.3 is 4.40 Å². The number of pyridine rings is 2. The molecule has 0 aliphatic carbocycles. The molecule has 0 fully saturated rings. The number of aromatic nitrogens is 2. The first-order valence-corrected chi connectivity index (χ1v) is 15.0. The summed E-state index contributed by atoms with van der Waals surface area (Å²) in [6, 6.07) is 24.8. The first-order chi connectivity index (χ1) is 16.4. The molecule has 0 aliphatic heterocycles. The van der Waals surface area contributed by atoms with E-state index in [-0.39, 0.29) is 5.41 Å². The highest BCUT2D eigenvalue weighted by atomic mass is 127. The maximum Gasteiger partial charge on any atom is 0.0823 e. The lowest BCUT2D eigenvalue weighted by Crippen LogP contribution is -2.11. The van der Waals surface area contributed by atoms with E-state index in [1.165, 1.54) is 64.7 Å². The third-order valence-electron chi connectivity index (χ3n) is 7.03. The van der Waals surface area contributed by atoms with Crippen LogP contribution in [0.5, 0.6) is 0 Å². The van der Waals surface area contributed by atoms with Gasteiger partial charge in [0.2, 0.25) is 0 Å². The molecule has 0 bridgehead atoms. The maximum atomic E-state index is 4.99.